The standard InChI is InChI=1S/C19H21FN2O3S/c1-13-10-14(2)12-16(11-13)21-19(23)18-4-3-9-22(18)26(24,25)17-7-5-15(20)6-8-17/h5-8,10-12,18H,3-4,9H2,1-2H3,(H,21,23). The summed E-state index contributed by atoms with van der Waals surface area (Å²) in [7, 11) is -3.85. The number of rotatable bonds is 4. The van der Waals surface area contributed by atoms with E-state index >= 15 is 0 Å². The van der Waals surface area contributed by atoms with Crippen molar-refractivity contribution in [2.75, 3.05) is 11.9 Å². The lowest BCUT2D eigenvalue weighted by Gasteiger charge is -2.23. The van der Waals surface area contributed by atoms with Crippen molar-refractivity contribution >= 4 is 21.6 Å². The lowest BCUT2D eigenvalue weighted by atomic mass is 10.1. The molecule has 1 amide bonds. The number of benzene rings is 2. The minimum Gasteiger partial charge on any atom is -0.325 e. The first-order valence-corrected chi connectivity index (χ1v) is 9.88. The van der Waals surface area contributed by atoms with Gasteiger partial charge in [0.2, 0.25) is 15.9 Å². The van der Waals surface area contributed by atoms with Gasteiger partial charge in [-0.05, 0) is 74.2 Å². The Bertz CT molecular complexity index is 906. The van der Waals surface area contributed by atoms with Crippen molar-refractivity contribution in [2.24, 2.45) is 0 Å². The highest BCUT2D eigenvalue weighted by Crippen LogP contribution is 2.27. The van der Waals surface area contributed by atoms with Crippen LogP contribution in [0.1, 0.15) is 24.0 Å². The maximum atomic E-state index is 13.1. The number of sulfonamides is 1. The second-order valence-corrected chi connectivity index (χ2v) is 8.48. The molecule has 0 saturated carbocycles. The van der Waals surface area contributed by atoms with Gasteiger partial charge >= 0.3 is 0 Å². The van der Waals surface area contributed by atoms with Gasteiger partial charge in [0.05, 0.1) is 4.90 Å². The number of carbonyl (C=O) groups excluding carboxylic acids is 1. The van der Waals surface area contributed by atoms with E-state index in [0.29, 0.717) is 18.5 Å². The first-order valence-electron chi connectivity index (χ1n) is 8.44. The molecule has 1 atom stereocenters. The van der Waals surface area contributed by atoms with E-state index in [-0.39, 0.29) is 17.3 Å². The molecule has 0 bridgehead atoms. The van der Waals surface area contributed by atoms with E-state index in [1.807, 2.05) is 32.0 Å². The van der Waals surface area contributed by atoms with Gasteiger partial charge in [-0.15, -0.1) is 0 Å². The third-order valence-corrected chi connectivity index (χ3v) is 6.34. The lowest BCUT2D eigenvalue weighted by molar-refractivity contribution is -0.119. The fraction of sp³-hybridized carbons (Fsp3) is 0.316. The fourth-order valence-electron chi connectivity index (χ4n) is 3.30. The molecule has 0 spiro atoms. The molecule has 7 heteroatoms. The zero-order valence-electron chi connectivity index (χ0n) is 14.7. The summed E-state index contributed by atoms with van der Waals surface area (Å²) in [6.07, 6.45) is 1.06. The van der Waals surface area contributed by atoms with E-state index in [1.54, 1.807) is 0 Å². The Balaban J connectivity index is 1.83. The second-order valence-electron chi connectivity index (χ2n) is 6.59. The zero-order valence-corrected chi connectivity index (χ0v) is 15.5. The number of hydrogen-bond donors (Lipinski definition) is 1. The predicted molar refractivity (Wildman–Crippen MR) is 97.9 cm³/mol. The van der Waals surface area contributed by atoms with Crippen LogP contribution in [0.5, 0.6) is 0 Å². The predicted octanol–water partition coefficient (Wildman–Crippen LogP) is 3.23. The molecular weight excluding hydrogens is 355 g/mol. The number of halogens is 1. The van der Waals surface area contributed by atoms with Gasteiger partial charge in [0, 0.05) is 12.2 Å². The highest BCUT2D eigenvalue weighted by molar-refractivity contribution is 7.89. The normalized spacial score (nSPS) is 18.0. The van der Waals surface area contributed by atoms with Crippen LogP contribution >= 0.6 is 0 Å². The quantitative estimate of drug-likeness (QED) is 0.891. The molecule has 1 aliphatic heterocycles. The summed E-state index contributed by atoms with van der Waals surface area (Å²) in [6, 6.07) is 9.57. The van der Waals surface area contributed by atoms with Gasteiger partial charge in [0.25, 0.3) is 0 Å². The number of anilines is 1. The van der Waals surface area contributed by atoms with E-state index in [0.717, 1.165) is 23.3 Å². The van der Waals surface area contributed by atoms with E-state index in [4.69, 9.17) is 0 Å². The zero-order chi connectivity index (χ0) is 18.9. The SMILES string of the molecule is Cc1cc(C)cc(NC(=O)C2CCCN2S(=O)(=O)c2ccc(F)cc2)c1. The van der Waals surface area contributed by atoms with Crippen LogP contribution < -0.4 is 5.32 Å². The molecule has 1 aliphatic rings. The third kappa shape index (κ3) is 3.78. The van der Waals surface area contributed by atoms with Crippen LogP contribution in [-0.2, 0) is 14.8 Å². The molecule has 2 aromatic carbocycles. The molecule has 2 aromatic rings. The summed E-state index contributed by atoms with van der Waals surface area (Å²) in [5.41, 5.74) is 2.68. The van der Waals surface area contributed by atoms with Crippen molar-refractivity contribution in [3.8, 4) is 0 Å². The Morgan fingerprint density at radius 3 is 2.35 bits per heavy atom. The minimum absolute atomic E-state index is 0.00926. The van der Waals surface area contributed by atoms with Crippen LogP contribution in [0.25, 0.3) is 0 Å². The number of nitrogens with zero attached hydrogens (tertiary/aromatic N) is 1. The number of nitrogens with one attached hydrogen (secondary N) is 1. The van der Waals surface area contributed by atoms with Gasteiger partial charge in [-0.25, -0.2) is 12.8 Å². The molecule has 26 heavy (non-hydrogen) atoms. The average molecular weight is 376 g/mol. The van der Waals surface area contributed by atoms with E-state index in [2.05, 4.69) is 5.32 Å². The summed E-state index contributed by atoms with van der Waals surface area (Å²) in [5.74, 6) is -0.854. The second kappa shape index (κ2) is 7.17. The van der Waals surface area contributed by atoms with Crippen molar-refractivity contribution in [2.45, 2.75) is 37.6 Å². The number of amides is 1. The Kier molecular flexibility index (Phi) is 5.11. The number of carbonyl (C=O) groups is 1. The molecule has 1 N–H and O–H groups in total. The third-order valence-electron chi connectivity index (χ3n) is 4.42. The molecule has 0 radical (unpaired) electrons. The monoisotopic (exact) mass is 376 g/mol. The molecule has 138 valence electrons. The van der Waals surface area contributed by atoms with Crippen LogP contribution in [0.3, 0.4) is 0 Å². The Hall–Kier alpha value is -2.25. The summed E-state index contributed by atoms with van der Waals surface area (Å²) >= 11 is 0. The lowest BCUT2D eigenvalue weighted by Crippen LogP contribution is -2.43. The summed E-state index contributed by atoms with van der Waals surface area (Å²) in [4.78, 5) is 12.7. The molecule has 0 aromatic heterocycles. The maximum Gasteiger partial charge on any atom is 0.243 e. The minimum atomic E-state index is -3.85. The van der Waals surface area contributed by atoms with Crippen LogP contribution in [0.2, 0.25) is 0 Å². The molecule has 0 aliphatic carbocycles. The molecule has 5 nitrogen and oxygen atoms in total. The van der Waals surface area contributed by atoms with Crippen LogP contribution in [0, 0.1) is 19.7 Å². The first-order chi connectivity index (χ1) is 12.3. The Morgan fingerprint density at radius 1 is 1.12 bits per heavy atom. The van der Waals surface area contributed by atoms with E-state index in [9.17, 15) is 17.6 Å². The average Bonchev–Trinajstić information content (AvgIpc) is 3.05. The van der Waals surface area contributed by atoms with Gasteiger partial charge in [-0.1, -0.05) is 6.07 Å². The molecule has 1 unspecified atom stereocenters. The summed E-state index contributed by atoms with van der Waals surface area (Å²) < 4.78 is 40.0. The first kappa shape index (κ1) is 18.5. The summed E-state index contributed by atoms with van der Waals surface area (Å²) in [6.45, 7) is 4.14. The van der Waals surface area contributed by atoms with Crippen molar-refractivity contribution in [1.82, 2.24) is 4.31 Å². The molecule has 1 fully saturated rings. The highest BCUT2D eigenvalue weighted by Gasteiger charge is 2.39. The summed E-state index contributed by atoms with van der Waals surface area (Å²) in [5, 5.41) is 2.82. The molecule has 3 rings (SSSR count). The van der Waals surface area contributed by atoms with Crippen LogP contribution in [0.15, 0.2) is 47.4 Å². The fourth-order valence-corrected chi connectivity index (χ4v) is 4.96. The van der Waals surface area contributed by atoms with Gasteiger partial charge in [-0.3, -0.25) is 4.79 Å². The Morgan fingerprint density at radius 2 is 1.73 bits per heavy atom. The van der Waals surface area contributed by atoms with Crippen LogP contribution in [-0.4, -0.2) is 31.2 Å². The molecular formula is C19H21FN2O3S. The van der Waals surface area contributed by atoms with Gasteiger partial charge < -0.3 is 5.32 Å². The Labute approximate surface area is 152 Å². The maximum absolute atomic E-state index is 13.1. The smallest absolute Gasteiger partial charge is 0.243 e. The largest absolute Gasteiger partial charge is 0.325 e. The van der Waals surface area contributed by atoms with Gasteiger partial charge in [-0.2, -0.15) is 4.31 Å². The molecule has 1 saturated heterocycles. The highest BCUT2D eigenvalue weighted by atomic mass is 32.2. The van der Waals surface area contributed by atoms with Crippen molar-refractivity contribution in [3.63, 3.8) is 0 Å². The van der Waals surface area contributed by atoms with Crippen molar-refractivity contribution in [1.29, 1.82) is 0 Å². The van der Waals surface area contributed by atoms with Crippen molar-refractivity contribution < 1.29 is 17.6 Å². The van der Waals surface area contributed by atoms with E-state index < -0.39 is 21.9 Å². The molecule has 1 heterocycles. The van der Waals surface area contributed by atoms with E-state index in [1.165, 1.54) is 16.4 Å². The number of aryl methyl sites for hydroxylation is 2. The van der Waals surface area contributed by atoms with Crippen LogP contribution in [0.4, 0.5) is 10.1 Å². The van der Waals surface area contributed by atoms with Gasteiger partial charge in [0.1, 0.15) is 11.9 Å². The number of hydrogen-bond acceptors (Lipinski definition) is 3. The van der Waals surface area contributed by atoms with Gasteiger partial charge in [0.15, 0.2) is 0 Å². The van der Waals surface area contributed by atoms with Crippen molar-refractivity contribution in [3.05, 3.63) is 59.4 Å². The topological polar surface area (TPSA) is 66.5 Å².